The summed E-state index contributed by atoms with van der Waals surface area (Å²) >= 11 is 0. The van der Waals surface area contributed by atoms with E-state index in [1.165, 1.54) is 0 Å². The van der Waals surface area contributed by atoms with Gasteiger partial charge < -0.3 is 20.7 Å². The van der Waals surface area contributed by atoms with Gasteiger partial charge in [-0.2, -0.15) is 0 Å². The number of carboxylic acids is 2. The van der Waals surface area contributed by atoms with E-state index in [-0.39, 0.29) is 19.3 Å². The lowest BCUT2D eigenvalue weighted by molar-refractivity contribution is -0.143. The molecule has 116 valence electrons. The van der Waals surface area contributed by atoms with Crippen LogP contribution < -0.4 is 10.5 Å². The molecule has 0 radical (unpaired) electrons. The standard InChI is InChI=1S/C14H18FNO5/c15-8-21-11-4-1-9(2-5-11)7-10(13(17)18)3-6-12(16)14(19)20/h1-2,4-5,10,12H,3,6-8,16H2,(H,17,18)(H,19,20)/t10-,12+/m1/s1. The van der Waals surface area contributed by atoms with Crippen molar-refractivity contribution in [2.45, 2.75) is 25.3 Å². The highest BCUT2D eigenvalue weighted by molar-refractivity contribution is 5.73. The number of carboxylic acid groups (broad SMARTS) is 2. The zero-order chi connectivity index (χ0) is 15.8. The van der Waals surface area contributed by atoms with Crippen LogP contribution in [0.5, 0.6) is 5.75 Å². The molecule has 0 aliphatic rings. The van der Waals surface area contributed by atoms with Crippen LogP contribution in [-0.4, -0.2) is 35.1 Å². The first-order valence-corrected chi connectivity index (χ1v) is 6.43. The maximum Gasteiger partial charge on any atom is 0.320 e. The largest absolute Gasteiger partial charge is 0.481 e. The molecule has 4 N–H and O–H groups in total. The van der Waals surface area contributed by atoms with Gasteiger partial charge in [-0.25, -0.2) is 4.39 Å². The van der Waals surface area contributed by atoms with Gasteiger partial charge in [-0.1, -0.05) is 12.1 Å². The molecule has 0 unspecified atom stereocenters. The summed E-state index contributed by atoms with van der Waals surface area (Å²) < 4.78 is 16.6. The predicted octanol–water partition coefficient (Wildman–Crippen LogP) is 1.43. The molecule has 0 aliphatic heterocycles. The third kappa shape index (κ3) is 5.78. The van der Waals surface area contributed by atoms with E-state index in [1.807, 2.05) is 0 Å². The fraction of sp³-hybridized carbons (Fsp3) is 0.429. The van der Waals surface area contributed by atoms with Gasteiger partial charge in [-0.05, 0) is 37.0 Å². The molecule has 0 bridgehead atoms. The van der Waals surface area contributed by atoms with Gasteiger partial charge in [0.1, 0.15) is 11.8 Å². The van der Waals surface area contributed by atoms with Crippen molar-refractivity contribution in [2.75, 3.05) is 6.86 Å². The van der Waals surface area contributed by atoms with E-state index in [0.717, 1.165) is 5.56 Å². The van der Waals surface area contributed by atoms with Crippen molar-refractivity contribution in [3.63, 3.8) is 0 Å². The molecule has 0 saturated heterocycles. The fourth-order valence-electron chi connectivity index (χ4n) is 1.89. The Morgan fingerprint density at radius 3 is 2.24 bits per heavy atom. The van der Waals surface area contributed by atoms with Crippen LogP contribution in [0.1, 0.15) is 18.4 Å². The highest BCUT2D eigenvalue weighted by Crippen LogP contribution is 2.18. The molecule has 21 heavy (non-hydrogen) atoms. The summed E-state index contributed by atoms with van der Waals surface area (Å²) in [6.45, 7) is -0.926. The van der Waals surface area contributed by atoms with Crippen molar-refractivity contribution in [1.82, 2.24) is 0 Å². The summed E-state index contributed by atoms with van der Waals surface area (Å²) in [6, 6.07) is 5.34. The number of aliphatic carboxylic acids is 2. The second kappa shape index (κ2) is 8.21. The summed E-state index contributed by atoms with van der Waals surface area (Å²) in [7, 11) is 0. The normalized spacial score (nSPS) is 13.4. The van der Waals surface area contributed by atoms with Crippen LogP contribution in [-0.2, 0) is 16.0 Å². The number of alkyl halides is 1. The van der Waals surface area contributed by atoms with E-state index < -0.39 is 30.8 Å². The van der Waals surface area contributed by atoms with Crippen LogP contribution >= 0.6 is 0 Å². The minimum Gasteiger partial charge on any atom is -0.481 e. The van der Waals surface area contributed by atoms with Crippen LogP contribution in [0.4, 0.5) is 4.39 Å². The first-order chi connectivity index (χ1) is 9.93. The number of halogens is 1. The second-order valence-electron chi connectivity index (χ2n) is 4.66. The van der Waals surface area contributed by atoms with Crippen molar-refractivity contribution in [3.05, 3.63) is 29.8 Å². The number of hydrogen-bond acceptors (Lipinski definition) is 4. The molecule has 7 heteroatoms. The quantitative estimate of drug-likeness (QED) is 0.636. The zero-order valence-electron chi connectivity index (χ0n) is 11.4. The van der Waals surface area contributed by atoms with Gasteiger partial charge in [0.25, 0.3) is 0 Å². The van der Waals surface area contributed by atoms with Gasteiger partial charge in [0.05, 0.1) is 5.92 Å². The average Bonchev–Trinajstić information content (AvgIpc) is 2.44. The highest BCUT2D eigenvalue weighted by Gasteiger charge is 2.21. The molecule has 1 rings (SSSR count). The Bertz CT molecular complexity index is 477. The molecule has 0 amide bonds. The number of benzene rings is 1. The summed E-state index contributed by atoms with van der Waals surface area (Å²) in [4.78, 5) is 21.8. The van der Waals surface area contributed by atoms with E-state index in [9.17, 15) is 14.0 Å². The summed E-state index contributed by atoms with van der Waals surface area (Å²) in [5.41, 5.74) is 6.11. The Morgan fingerprint density at radius 2 is 1.76 bits per heavy atom. The van der Waals surface area contributed by atoms with Crippen molar-refractivity contribution < 1.29 is 28.9 Å². The molecule has 1 aromatic rings. The van der Waals surface area contributed by atoms with Crippen molar-refractivity contribution >= 4 is 11.9 Å². The lowest BCUT2D eigenvalue weighted by Gasteiger charge is -2.14. The maximum absolute atomic E-state index is 12.0. The third-order valence-electron chi connectivity index (χ3n) is 3.12. The number of hydrogen-bond donors (Lipinski definition) is 3. The summed E-state index contributed by atoms with van der Waals surface area (Å²) in [5, 5.41) is 17.8. The van der Waals surface area contributed by atoms with Crippen molar-refractivity contribution in [3.8, 4) is 5.75 Å². The van der Waals surface area contributed by atoms with Crippen LogP contribution in [0.15, 0.2) is 24.3 Å². The van der Waals surface area contributed by atoms with Gasteiger partial charge in [0.2, 0.25) is 6.86 Å². The Labute approximate surface area is 121 Å². The molecular weight excluding hydrogens is 281 g/mol. The lowest BCUT2D eigenvalue weighted by Crippen LogP contribution is -2.31. The van der Waals surface area contributed by atoms with E-state index in [2.05, 4.69) is 4.74 Å². The molecule has 2 atom stereocenters. The highest BCUT2D eigenvalue weighted by atomic mass is 19.1. The molecule has 0 aromatic heterocycles. The number of ether oxygens (including phenoxy) is 1. The second-order valence-corrected chi connectivity index (χ2v) is 4.66. The molecule has 0 fully saturated rings. The van der Waals surface area contributed by atoms with Crippen LogP contribution in [0, 0.1) is 5.92 Å². The molecule has 0 aliphatic carbocycles. The summed E-state index contributed by atoms with van der Waals surface area (Å²) in [6.07, 6.45) is 0.512. The van der Waals surface area contributed by atoms with Crippen LogP contribution in [0.3, 0.4) is 0 Å². The molecule has 6 nitrogen and oxygen atoms in total. The van der Waals surface area contributed by atoms with Gasteiger partial charge in [-0.15, -0.1) is 0 Å². The average molecular weight is 299 g/mol. The van der Waals surface area contributed by atoms with E-state index >= 15 is 0 Å². The first kappa shape index (κ1) is 16.9. The topological polar surface area (TPSA) is 110 Å². The molecule has 1 aromatic carbocycles. The molecule has 0 saturated carbocycles. The monoisotopic (exact) mass is 299 g/mol. The summed E-state index contributed by atoms with van der Waals surface area (Å²) in [5.74, 6) is -2.51. The number of rotatable bonds is 9. The van der Waals surface area contributed by atoms with E-state index in [1.54, 1.807) is 24.3 Å². The van der Waals surface area contributed by atoms with Crippen LogP contribution in [0.2, 0.25) is 0 Å². The van der Waals surface area contributed by atoms with E-state index in [4.69, 9.17) is 15.9 Å². The van der Waals surface area contributed by atoms with Gasteiger partial charge in [-0.3, -0.25) is 9.59 Å². The fourth-order valence-corrected chi connectivity index (χ4v) is 1.89. The minimum atomic E-state index is -1.15. The van der Waals surface area contributed by atoms with E-state index in [0.29, 0.717) is 5.75 Å². The number of nitrogens with two attached hydrogens (primary N) is 1. The Kier molecular flexibility index (Phi) is 6.61. The Morgan fingerprint density at radius 1 is 1.14 bits per heavy atom. The maximum atomic E-state index is 12.0. The van der Waals surface area contributed by atoms with Gasteiger partial charge >= 0.3 is 11.9 Å². The van der Waals surface area contributed by atoms with Gasteiger partial charge in [0.15, 0.2) is 0 Å². The van der Waals surface area contributed by atoms with Crippen molar-refractivity contribution in [2.24, 2.45) is 11.7 Å². The van der Waals surface area contributed by atoms with Gasteiger partial charge in [0, 0.05) is 0 Å². The lowest BCUT2D eigenvalue weighted by atomic mass is 9.93. The molecule has 0 heterocycles. The number of carbonyl (C=O) groups is 2. The third-order valence-corrected chi connectivity index (χ3v) is 3.12. The van der Waals surface area contributed by atoms with Crippen LogP contribution in [0.25, 0.3) is 0 Å². The smallest absolute Gasteiger partial charge is 0.320 e. The minimum absolute atomic E-state index is 0.0926. The SMILES string of the molecule is N[C@@H](CC[C@H](Cc1ccc(OCF)cc1)C(=O)O)C(=O)O. The van der Waals surface area contributed by atoms with Crippen molar-refractivity contribution in [1.29, 1.82) is 0 Å². The molecule has 0 spiro atoms. The zero-order valence-corrected chi connectivity index (χ0v) is 11.4. The predicted molar refractivity (Wildman–Crippen MR) is 72.7 cm³/mol. The first-order valence-electron chi connectivity index (χ1n) is 6.43. The molecular formula is C14H18FNO5. The Balaban J connectivity index is 2.61. The Hall–Kier alpha value is -2.15.